The van der Waals surface area contributed by atoms with Crippen LogP contribution in [0, 0.1) is 41.4 Å². The predicted molar refractivity (Wildman–Crippen MR) is 117 cm³/mol. The molecule has 0 spiro atoms. The van der Waals surface area contributed by atoms with E-state index >= 15 is 0 Å². The van der Waals surface area contributed by atoms with Crippen molar-refractivity contribution in [3.8, 4) is 0 Å². The van der Waals surface area contributed by atoms with E-state index in [1.165, 1.54) is 68.1 Å². The standard InChI is InChI=1S/C27H38O/c1-18-7-9-19(10-8-18)16-20-17-24-22-12-11-21-6-4-5-14-26(21,2)23(22)13-15-27(24,3)25(20)28/h7-10,16,21-25,28H,4-6,11-15,17H2,1-3H3/b20-16+/t21-,22+,23-,24-,25-,26-,27-/m0/s1. The summed E-state index contributed by atoms with van der Waals surface area (Å²) in [5.74, 6) is 3.38. The van der Waals surface area contributed by atoms with Gasteiger partial charge in [0.1, 0.15) is 0 Å². The smallest absolute Gasteiger partial charge is 0.0809 e. The summed E-state index contributed by atoms with van der Waals surface area (Å²) in [7, 11) is 0. The van der Waals surface area contributed by atoms with E-state index in [0.29, 0.717) is 11.3 Å². The average Bonchev–Trinajstić information content (AvgIpc) is 2.94. The first-order valence-corrected chi connectivity index (χ1v) is 11.9. The van der Waals surface area contributed by atoms with Crippen LogP contribution in [-0.4, -0.2) is 11.2 Å². The number of rotatable bonds is 1. The molecule has 0 aliphatic heterocycles. The van der Waals surface area contributed by atoms with Crippen molar-refractivity contribution in [1.29, 1.82) is 0 Å². The Morgan fingerprint density at radius 1 is 0.893 bits per heavy atom. The lowest BCUT2D eigenvalue weighted by molar-refractivity contribution is -0.119. The lowest BCUT2D eigenvalue weighted by atomic mass is 9.45. The van der Waals surface area contributed by atoms with Gasteiger partial charge in [-0.3, -0.25) is 0 Å². The molecule has 28 heavy (non-hydrogen) atoms. The molecule has 0 unspecified atom stereocenters. The highest BCUT2D eigenvalue weighted by Crippen LogP contribution is 2.67. The van der Waals surface area contributed by atoms with Crippen molar-refractivity contribution >= 4 is 6.08 Å². The number of aliphatic hydroxyl groups excluding tert-OH is 1. The minimum atomic E-state index is -0.253. The van der Waals surface area contributed by atoms with E-state index in [4.69, 9.17) is 0 Å². The summed E-state index contributed by atoms with van der Waals surface area (Å²) >= 11 is 0. The second kappa shape index (κ2) is 6.73. The molecule has 0 radical (unpaired) electrons. The molecular weight excluding hydrogens is 340 g/mol. The van der Waals surface area contributed by atoms with Gasteiger partial charge in [-0.1, -0.05) is 62.6 Å². The zero-order valence-electron chi connectivity index (χ0n) is 18.1. The highest BCUT2D eigenvalue weighted by atomic mass is 16.3. The maximum absolute atomic E-state index is 11.4. The summed E-state index contributed by atoms with van der Waals surface area (Å²) in [5.41, 5.74) is 4.52. The summed E-state index contributed by atoms with van der Waals surface area (Å²) in [5, 5.41) is 11.4. The fraction of sp³-hybridized carbons (Fsp3) is 0.704. The molecule has 1 N–H and O–H groups in total. The van der Waals surface area contributed by atoms with E-state index in [9.17, 15) is 5.11 Å². The second-order valence-electron chi connectivity index (χ2n) is 11.2. The molecule has 5 rings (SSSR count). The summed E-state index contributed by atoms with van der Waals surface area (Å²) < 4.78 is 0. The van der Waals surface area contributed by atoms with Crippen LogP contribution in [0.5, 0.6) is 0 Å². The summed E-state index contributed by atoms with van der Waals surface area (Å²) in [6, 6.07) is 8.78. The quantitative estimate of drug-likeness (QED) is 0.571. The van der Waals surface area contributed by atoms with Crippen LogP contribution >= 0.6 is 0 Å². The van der Waals surface area contributed by atoms with Gasteiger partial charge in [-0.2, -0.15) is 0 Å². The molecule has 0 aromatic heterocycles. The number of hydrogen-bond acceptors (Lipinski definition) is 1. The predicted octanol–water partition coefficient (Wildman–Crippen LogP) is 6.78. The normalized spacial score (nSPS) is 46.7. The SMILES string of the molecule is Cc1ccc(/C=C2\C[C@H]3[C@@H]4CC[C@@H]5CCCC[C@]5(C)[C@H]4CC[C@]3(C)[C@H]2O)cc1. The van der Waals surface area contributed by atoms with Gasteiger partial charge in [0.2, 0.25) is 0 Å². The van der Waals surface area contributed by atoms with Crippen LogP contribution in [0.4, 0.5) is 0 Å². The first-order valence-electron chi connectivity index (χ1n) is 11.9. The highest BCUT2D eigenvalue weighted by Gasteiger charge is 2.60. The van der Waals surface area contributed by atoms with Crippen LogP contribution in [0.25, 0.3) is 6.08 Å². The Balaban J connectivity index is 1.45. The molecule has 4 aliphatic carbocycles. The van der Waals surface area contributed by atoms with E-state index in [0.717, 1.165) is 24.2 Å². The lowest BCUT2D eigenvalue weighted by Gasteiger charge is -2.60. The van der Waals surface area contributed by atoms with Crippen molar-refractivity contribution in [3.05, 3.63) is 41.0 Å². The summed E-state index contributed by atoms with van der Waals surface area (Å²) in [4.78, 5) is 0. The maximum Gasteiger partial charge on any atom is 0.0809 e. The highest BCUT2D eigenvalue weighted by molar-refractivity contribution is 5.56. The van der Waals surface area contributed by atoms with Crippen molar-refractivity contribution < 1.29 is 5.11 Å². The van der Waals surface area contributed by atoms with Crippen LogP contribution < -0.4 is 0 Å². The average molecular weight is 379 g/mol. The van der Waals surface area contributed by atoms with Crippen LogP contribution in [0.15, 0.2) is 29.8 Å². The van der Waals surface area contributed by atoms with Gasteiger partial charge in [0.05, 0.1) is 6.10 Å². The Labute approximate surface area is 171 Å². The van der Waals surface area contributed by atoms with Gasteiger partial charge in [-0.25, -0.2) is 0 Å². The molecule has 7 atom stereocenters. The molecule has 0 saturated heterocycles. The van der Waals surface area contributed by atoms with Crippen molar-refractivity contribution in [2.24, 2.45) is 34.5 Å². The lowest BCUT2D eigenvalue weighted by Crippen LogP contribution is -2.53. The van der Waals surface area contributed by atoms with Gasteiger partial charge >= 0.3 is 0 Å². The van der Waals surface area contributed by atoms with Crippen molar-refractivity contribution in [2.75, 3.05) is 0 Å². The molecule has 1 heteroatoms. The molecule has 0 amide bonds. The Hall–Kier alpha value is -1.08. The van der Waals surface area contributed by atoms with E-state index < -0.39 is 0 Å². The molecule has 0 heterocycles. The van der Waals surface area contributed by atoms with Crippen molar-refractivity contribution in [3.63, 3.8) is 0 Å². The van der Waals surface area contributed by atoms with E-state index in [1.807, 2.05) is 0 Å². The fourth-order valence-electron chi connectivity index (χ4n) is 8.17. The van der Waals surface area contributed by atoms with Crippen molar-refractivity contribution in [1.82, 2.24) is 0 Å². The number of hydrogen-bond donors (Lipinski definition) is 1. The van der Waals surface area contributed by atoms with Crippen LogP contribution in [0.3, 0.4) is 0 Å². The molecule has 1 aromatic rings. The first-order chi connectivity index (χ1) is 13.4. The van der Waals surface area contributed by atoms with Gasteiger partial charge < -0.3 is 5.11 Å². The Kier molecular flexibility index (Phi) is 4.54. The third-order valence-corrected chi connectivity index (χ3v) is 9.88. The number of aliphatic hydroxyl groups is 1. The molecule has 4 saturated carbocycles. The summed E-state index contributed by atoms with van der Waals surface area (Å²) in [6.45, 7) is 7.19. The molecule has 1 nitrogen and oxygen atoms in total. The molecular formula is C27H38O. The Morgan fingerprint density at radius 2 is 1.68 bits per heavy atom. The third-order valence-electron chi connectivity index (χ3n) is 9.88. The number of aryl methyl sites for hydroxylation is 1. The minimum Gasteiger partial charge on any atom is -0.388 e. The first kappa shape index (κ1) is 18.9. The van der Waals surface area contributed by atoms with Gasteiger partial charge in [-0.05, 0) is 92.1 Å². The maximum atomic E-state index is 11.4. The fourth-order valence-corrected chi connectivity index (χ4v) is 8.17. The molecule has 152 valence electrons. The molecule has 1 aromatic carbocycles. The van der Waals surface area contributed by atoms with E-state index in [1.54, 1.807) is 0 Å². The Morgan fingerprint density at radius 3 is 2.46 bits per heavy atom. The largest absolute Gasteiger partial charge is 0.388 e. The minimum absolute atomic E-state index is 0.0928. The summed E-state index contributed by atoms with van der Waals surface area (Å²) in [6.07, 6.45) is 14.4. The zero-order valence-corrected chi connectivity index (χ0v) is 18.1. The van der Waals surface area contributed by atoms with E-state index in [2.05, 4.69) is 51.1 Å². The van der Waals surface area contributed by atoms with Gasteiger partial charge in [0.25, 0.3) is 0 Å². The monoisotopic (exact) mass is 378 g/mol. The molecule has 4 aliphatic rings. The Bertz CT molecular complexity index is 761. The van der Waals surface area contributed by atoms with Crippen LogP contribution in [0.1, 0.15) is 82.8 Å². The van der Waals surface area contributed by atoms with Crippen LogP contribution in [-0.2, 0) is 0 Å². The van der Waals surface area contributed by atoms with Crippen LogP contribution in [0.2, 0.25) is 0 Å². The van der Waals surface area contributed by atoms with Gasteiger partial charge in [-0.15, -0.1) is 0 Å². The third kappa shape index (κ3) is 2.76. The zero-order chi connectivity index (χ0) is 19.5. The topological polar surface area (TPSA) is 20.2 Å². The van der Waals surface area contributed by atoms with E-state index in [-0.39, 0.29) is 11.5 Å². The number of benzene rings is 1. The molecule has 4 fully saturated rings. The second-order valence-corrected chi connectivity index (χ2v) is 11.2. The number of fused-ring (bicyclic) bond motifs is 5. The molecule has 0 bridgehead atoms. The van der Waals surface area contributed by atoms with Gasteiger partial charge in [0, 0.05) is 5.41 Å². The van der Waals surface area contributed by atoms with Gasteiger partial charge in [0.15, 0.2) is 0 Å². The van der Waals surface area contributed by atoms with Crippen molar-refractivity contribution in [2.45, 2.75) is 84.7 Å².